The molecule has 0 aliphatic carbocycles. The monoisotopic (exact) mass is 1720 g/mol. The molecule has 0 saturated heterocycles. The van der Waals surface area contributed by atoms with Gasteiger partial charge in [0.2, 0.25) is 0 Å². The van der Waals surface area contributed by atoms with Crippen LogP contribution in [0, 0.1) is 0 Å². The summed E-state index contributed by atoms with van der Waals surface area (Å²) in [6, 6.07) is 163. The number of rotatable bonds is 12. The Hall–Kier alpha value is -18.2. The number of hydrogen-bond acceptors (Lipinski definition) is 6. The zero-order valence-corrected chi connectivity index (χ0v) is 72.9. The molecule has 27 rings (SSSR count). The Morgan fingerprint density at radius 2 is 0.378 bits per heavy atom. The zero-order valence-electron chi connectivity index (χ0n) is 72.9. The van der Waals surface area contributed by atoms with Gasteiger partial charge in [-0.05, 0) is 170 Å². The Morgan fingerprint density at radius 1 is 0.156 bits per heavy atom. The third-order valence-electron chi connectivity index (χ3n) is 26.9. The number of pyridine rings is 3. The molecule has 0 fully saturated rings. The molecular weight excluding hydrogens is 1650 g/mol. The van der Waals surface area contributed by atoms with Gasteiger partial charge in [-0.2, -0.15) is 0 Å². The van der Waals surface area contributed by atoms with Crippen molar-refractivity contribution in [2.24, 2.45) is 0 Å². The van der Waals surface area contributed by atoms with Gasteiger partial charge in [0.05, 0.1) is 33.1 Å². The van der Waals surface area contributed by atoms with Crippen LogP contribution in [0.1, 0.15) is 0 Å². The topological polar surface area (TPSA) is 103 Å². The molecule has 0 aliphatic rings. The number of fused-ring (bicyclic) bond motifs is 12. The van der Waals surface area contributed by atoms with Crippen molar-refractivity contribution in [3.05, 3.63) is 504 Å². The zero-order chi connectivity index (χ0) is 89.7. The molecule has 135 heavy (non-hydrogen) atoms. The molecular formula is C126H78N6O3. The van der Waals surface area contributed by atoms with E-state index in [1.54, 1.807) is 0 Å². The first kappa shape index (κ1) is 79.0. The lowest BCUT2D eigenvalue weighted by atomic mass is 9.86. The van der Waals surface area contributed by atoms with Crippen LogP contribution in [-0.4, -0.2) is 28.2 Å². The molecule has 21 aromatic carbocycles. The number of imidazole rings is 3. The van der Waals surface area contributed by atoms with E-state index in [9.17, 15) is 14.4 Å². The van der Waals surface area contributed by atoms with Crippen molar-refractivity contribution in [2.45, 2.75) is 0 Å². The predicted molar refractivity (Wildman–Crippen MR) is 561 cm³/mol. The molecule has 9 heteroatoms. The minimum Gasteiger partial charge on any atom is -0.268 e. The van der Waals surface area contributed by atoms with E-state index in [0.717, 1.165) is 215 Å². The summed E-state index contributed by atoms with van der Waals surface area (Å²) in [5, 5.41) is 11.0. The quantitative estimate of drug-likeness (QED) is 0.121. The van der Waals surface area contributed by atoms with Crippen LogP contribution in [0.25, 0.3) is 248 Å². The van der Waals surface area contributed by atoms with E-state index in [4.69, 9.17) is 15.0 Å². The highest BCUT2D eigenvalue weighted by molar-refractivity contribution is 6.24. The maximum atomic E-state index is 14.7. The van der Waals surface area contributed by atoms with Crippen molar-refractivity contribution in [2.75, 3.05) is 0 Å². The summed E-state index contributed by atoms with van der Waals surface area (Å²) >= 11 is 0. The van der Waals surface area contributed by atoms with Gasteiger partial charge in [0.15, 0.2) is 0 Å². The maximum absolute atomic E-state index is 14.7. The first-order chi connectivity index (χ1) is 66.8. The van der Waals surface area contributed by atoms with Crippen LogP contribution in [0.15, 0.2) is 488 Å². The van der Waals surface area contributed by atoms with E-state index >= 15 is 0 Å². The molecule has 0 N–H and O–H groups in total. The fraction of sp³-hybridized carbons (Fsp3) is 0. The fourth-order valence-corrected chi connectivity index (χ4v) is 21.0. The van der Waals surface area contributed by atoms with Crippen LogP contribution in [0.2, 0.25) is 0 Å². The molecule has 0 spiro atoms. The second kappa shape index (κ2) is 32.8. The summed E-state index contributed by atoms with van der Waals surface area (Å²) in [6.07, 6.45) is 0. The van der Waals surface area contributed by atoms with E-state index in [1.807, 2.05) is 122 Å². The van der Waals surface area contributed by atoms with Gasteiger partial charge in [-0.15, -0.1) is 0 Å². The van der Waals surface area contributed by atoms with Crippen molar-refractivity contribution in [1.82, 2.24) is 28.2 Å². The van der Waals surface area contributed by atoms with Gasteiger partial charge >= 0.3 is 0 Å². The Kier molecular flexibility index (Phi) is 19.2. The second-order valence-corrected chi connectivity index (χ2v) is 34.4. The summed E-state index contributed by atoms with van der Waals surface area (Å²) in [5.74, 6) is 0. The first-order valence-electron chi connectivity index (χ1n) is 45.6. The van der Waals surface area contributed by atoms with Gasteiger partial charge in [0, 0.05) is 70.7 Å². The third-order valence-corrected chi connectivity index (χ3v) is 26.9. The highest BCUT2D eigenvalue weighted by Gasteiger charge is 2.31. The number of benzene rings is 21. The number of hydrogen-bond donors (Lipinski definition) is 0. The summed E-state index contributed by atoms with van der Waals surface area (Å²) in [6.45, 7) is 0. The third kappa shape index (κ3) is 13.1. The van der Waals surface area contributed by atoms with E-state index in [1.165, 1.54) is 0 Å². The van der Waals surface area contributed by atoms with E-state index in [-0.39, 0.29) is 16.7 Å². The summed E-state index contributed by atoms with van der Waals surface area (Å²) in [5.41, 5.74) is 32.5. The minimum absolute atomic E-state index is 0.0561. The van der Waals surface area contributed by atoms with E-state index < -0.39 is 0 Å². The van der Waals surface area contributed by atoms with Crippen LogP contribution in [0.3, 0.4) is 0 Å². The SMILES string of the molecule is O=c1c2ccc(-c3ccccc3)c3cccc(c32)c2nc3c(-c4ccccc4)c(-c4ccccc4)cc(-c4ccccc4)c3n12.O=c1c2ccc(-c3ccccc3)c3cccc(c32)c2nc3cc(-c4ccccc4)c(-c4ccccc4)c(-c4ccccc4)c3n12.O=c1c2cccc3c(-c4ccccc4)ccc(c32)c2nc3cc(-c4ccccc4)c(-c4ccccc4)c(-c4ccccc4)c3n12. The van der Waals surface area contributed by atoms with Crippen molar-refractivity contribution < 1.29 is 0 Å². The molecule has 630 valence electrons. The Bertz CT molecular complexity index is 9060. The smallest absolute Gasteiger partial charge is 0.264 e. The van der Waals surface area contributed by atoms with Crippen LogP contribution in [-0.2, 0) is 0 Å². The van der Waals surface area contributed by atoms with E-state index in [2.05, 4.69) is 364 Å². The lowest BCUT2D eigenvalue weighted by Gasteiger charge is -2.18. The first-order valence-corrected chi connectivity index (χ1v) is 45.6. The average Bonchev–Trinajstić information content (AvgIpc) is 1.57. The maximum Gasteiger partial charge on any atom is 0.264 e. The van der Waals surface area contributed by atoms with Gasteiger partial charge in [-0.1, -0.05) is 431 Å². The summed E-state index contributed by atoms with van der Waals surface area (Å²) in [7, 11) is 0. The molecule has 0 radical (unpaired) electrons. The Balaban J connectivity index is 0.000000108. The van der Waals surface area contributed by atoms with Crippen LogP contribution in [0.4, 0.5) is 0 Å². The van der Waals surface area contributed by atoms with E-state index in [0.29, 0.717) is 33.1 Å². The molecule has 0 saturated carbocycles. The Labute approximate surface area is 775 Å². The molecule has 0 amide bonds. The molecule has 0 unspecified atom stereocenters. The molecule has 0 bridgehead atoms. The van der Waals surface area contributed by atoms with Crippen molar-refractivity contribution in [1.29, 1.82) is 0 Å². The normalized spacial score (nSPS) is 11.6. The van der Waals surface area contributed by atoms with Gasteiger partial charge < -0.3 is 0 Å². The van der Waals surface area contributed by atoms with Gasteiger partial charge in [0.25, 0.3) is 16.7 Å². The lowest BCUT2D eigenvalue weighted by Crippen LogP contribution is -2.14. The highest BCUT2D eigenvalue weighted by atomic mass is 16.1. The van der Waals surface area contributed by atoms with Crippen LogP contribution in [0.5, 0.6) is 0 Å². The van der Waals surface area contributed by atoms with Crippen LogP contribution < -0.4 is 16.7 Å². The average molecular weight is 1720 g/mol. The van der Waals surface area contributed by atoms with Gasteiger partial charge in [-0.25, -0.2) is 15.0 Å². The minimum atomic E-state index is -0.0561. The Morgan fingerprint density at radius 3 is 0.696 bits per heavy atom. The molecule has 0 aliphatic heterocycles. The molecule has 9 nitrogen and oxygen atoms in total. The summed E-state index contributed by atoms with van der Waals surface area (Å²) < 4.78 is 5.58. The van der Waals surface area contributed by atoms with Crippen molar-refractivity contribution in [3.63, 3.8) is 0 Å². The molecule has 6 heterocycles. The summed E-state index contributed by atoms with van der Waals surface area (Å²) in [4.78, 5) is 60.2. The number of aromatic nitrogens is 6. The lowest BCUT2D eigenvalue weighted by molar-refractivity contribution is 1.19. The second-order valence-electron chi connectivity index (χ2n) is 34.4. The fourth-order valence-electron chi connectivity index (χ4n) is 21.0. The standard InChI is InChI=1S/3C42H26N2O/c45-42-34-23-13-22-32-31(27-14-5-1-6-15-27)24-25-33(39(32)34)41-43-36-26-35(28-16-7-2-8-17-28)37(29-18-9-3-10-19-29)38(40(36)44(41)42)30-20-11-4-12-21-30;45-42-34-25-24-31(27-14-5-1-6-15-27)32-22-13-23-33(39(32)34)41-43-36-26-35(28-16-7-2-8-17-28)37(29-18-9-3-10-19-29)38(40(36)44(41)42)30-20-11-4-12-21-30;45-42-34-25-24-31(27-14-5-1-6-15-27)32-22-13-23-33(38(32)34)41-43-39-37(30-20-11-4-12-21-30)35(28-16-7-2-8-17-28)26-36(40(39)44(41)42)29-18-9-3-10-19-29/h3*1-26H. The highest BCUT2D eigenvalue weighted by Crippen LogP contribution is 2.51. The van der Waals surface area contributed by atoms with Gasteiger partial charge in [-0.3, -0.25) is 27.6 Å². The van der Waals surface area contributed by atoms with Crippen molar-refractivity contribution in [3.8, 4) is 134 Å². The van der Waals surface area contributed by atoms with Crippen molar-refractivity contribution >= 4 is 115 Å². The molecule has 6 aromatic heterocycles. The number of nitrogens with zero attached hydrogens (tertiary/aromatic N) is 6. The van der Waals surface area contributed by atoms with Crippen LogP contribution >= 0.6 is 0 Å². The molecule has 0 atom stereocenters. The largest absolute Gasteiger partial charge is 0.268 e. The van der Waals surface area contributed by atoms with Gasteiger partial charge in [0.1, 0.15) is 16.9 Å². The predicted octanol–water partition coefficient (Wildman–Crippen LogP) is 30.8. The molecule has 27 aromatic rings.